The Morgan fingerprint density at radius 2 is 2.26 bits per heavy atom. The maximum Gasteiger partial charge on any atom is 0.272 e. The molecule has 2 rings (SSSR count). The molecule has 0 radical (unpaired) electrons. The van der Waals surface area contributed by atoms with Crippen LogP contribution in [-0.4, -0.2) is 61.0 Å². The van der Waals surface area contributed by atoms with Gasteiger partial charge in [0.15, 0.2) is 0 Å². The van der Waals surface area contributed by atoms with Crippen molar-refractivity contribution in [3.8, 4) is 0 Å². The van der Waals surface area contributed by atoms with E-state index >= 15 is 0 Å². The largest absolute Gasteiger partial charge is 0.373 e. The number of hydrogen-bond acceptors (Lipinski definition) is 4. The van der Waals surface area contributed by atoms with Gasteiger partial charge in [-0.25, -0.2) is 4.98 Å². The fourth-order valence-corrected chi connectivity index (χ4v) is 2.42. The molecule has 0 aliphatic carbocycles. The van der Waals surface area contributed by atoms with Gasteiger partial charge in [0.1, 0.15) is 11.5 Å². The van der Waals surface area contributed by atoms with Gasteiger partial charge in [-0.3, -0.25) is 4.79 Å². The molecule has 1 saturated heterocycles. The van der Waals surface area contributed by atoms with Crippen molar-refractivity contribution in [3.05, 3.63) is 23.9 Å². The van der Waals surface area contributed by atoms with Crippen molar-refractivity contribution in [2.75, 3.05) is 39.5 Å². The van der Waals surface area contributed by atoms with Crippen LogP contribution in [0.4, 0.5) is 5.82 Å². The van der Waals surface area contributed by atoms with Crippen molar-refractivity contribution in [3.63, 3.8) is 0 Å². The van der Waals surface area contributed by atoms with Gasteiger partial charge in [-0.2, -0.15) is 0 Å². The number of aromatic nitrogens is 1. The first-order valence-corrected chi connectivity index (χ1v) is 6.72. The number of likely N-dealkylation sites (N-methyl/N-ethyl adjacent to an activating group) is 1. The summed E-state index contributed by atoms with van der Waals surface area (Å²) in [6.45, 7) is 1.62. The first-order chi connectivity index (χ1) is 9.11. The van der Waals surface area contributed by atoms with Crippen LogP contribution in [0.1, 0.15) is 23.3 Å². The lowest BCUT2D eigenvalue weighted by Gasteiger charge is -2.36. The van der Waals surface area contributed by atoms with Crippen LogP contribution in [0.5, 0.6) is 0 Å². The fourth-order valence-electron chi connectivity index (χ4n) is 2.42. The number of pyridine rings is 1. The average Bonchev–Trinajstić information content (AvgIpc) is 2.46. The van der Waals surface area contributed by atoms with E-state index in [1.165, 1.54) is 0 Å². The van der Waals surface area contributed by atoms with Crippen LogP contribution in [0.2, 0.25) is 0 Å². The summed E-state index contributed by atoms with van der Waals surface area (Å²) >= 11 is 0. The molecule has 1 amide bonds. The Morgan fingerprint density at radius 3 is 2.95 bits per heavy atom. The Morgan fingerprint density at radius 1 is 1.47 bits per heavy atom. The van der Waals surface area contributed by atoms with E-state index in [0.717, 1.165) is 31.7 Å². The molecule has 104 valence electrons. The van der Waals surface area contributed by atoms with Gasteiger partial charge in [0.2, 0.25) is 0 Å². The van der Waals surface area contributed by atoms with Crippen molar-refractivity contribution in [1.82, 2.24) is 14.8 Å². The molecule has 1 aliphatic heterocycles. The van der Waals surface area contributed by atoms with Gasteiger partial charge in [-0.05, 0) is 39.1 Å². The van der Waals surface area contributed by atoms with Crippen molar-refractivity contribution in [2.24, 2.45) is 0 Å². The van der Waals surface area contributed by atoms with Crippen LogP contribution in [0.3, 0.4) is 0 Å². The van der Waals surface area contributed by atoms with E-state index in [-0.39, 0.29) is 5.91 Å². The first kappa shape index (κ1) is 13.8. The molecule has 0 spiro atoms. The van der Waals surface area contributed by atoms with E-state index in [1.54, 1.807) is 13.1 Å². The summed E-state index contributed by atoms with van der Waals surface area (Å²) in [6, 6.07) is 5.95. The molecule has 1 unspecified atom stereocenters. The van der Waals surface area contributed by atoms with E-state index in [0.29, 0.717) is 11.7 Å². The maximum atomic E-state index is 12.5. The molecule has 5 heteroatoms. The van der Waals surface area contributed by atoms with Crippen LogP contribution < -0.4 is 5.32 Å². The lowest BCUT2D eigenvalue weighted by atomic mass is 10.0. The van der Waals surface area contributed by atoms with Gasteiger partial charge >= 0.3 is 0 Å². The minimum Gasteiger partial charge on any atom is -0.373 e. The summed E-state index contributed by atoms with van der Waals surface area (Å²) in [7, 11) is 5.94. The van der Waals surface area contributed by atoms with Gasteiger partial charge in [0.25, 0.3) is 5.91 Å². The molecule has 5 nitrogen and oxygen atoms in total. The lowest BCUT2D eigenvalue weighted by Crippen LogP contribution is -2.47. The monoisotopic (exact) mass is 262 g/mol. The number of carbonyl (C=O) groups is 1. The van der Waals surface area contributed by atoms with E-state index < -0.39 is 0 Å². The molecule has 1 atom stereocenters. The van der Waals surface area contributed by atoms with E-state index in [4.69, 9.17) is 0 Å². The highest BCUT2D eigenvalue weighted by molar-refractivity contribution is 5.92. The topological polar surface area (TPSA) is 48.5 Å². The third-order valence-corrected chi connectivity index (χ3v) is 3.64. The number of amides is 1. The molecule has 0 aromatic carbocycles. The minimum absolute atomic E-state index is 0.0312. The second kappa shape index (κ2) is 6.02. The summed E-state index contributed by atoms with van der Waals surface area (Å²) in [4.78, 5) is 20.9. The Kier molecular flexibility index (Phi) is 4.37. The van der Waals surface area contributed by atoms with Gasteiger partial charge in [0.05, 0.1) is 0 Å². The zero-order chi connectivity index (χ0) is 13.8. The number of hydrogen-bond donors (Lipinski definition) is 1. The number of nitrogens with zero attached hydrogens (tertiary/aromatic N) is 3. The minimum atomic E-state index is 0.0312. The zero-order valence-corrected chi connectivity index (χ0v) is 11.9. The zero-order valence-electron chi connectivity index (χ0n) is 11.9. The van der Waals surface area contributed by atoms with Crippen molar-refractivity contribution < 1.29 is 4.79 Å². The molecule has 1 aromatic rings. The van der Waals surface area contributed by atoms with Crippen molar-refractivity contribution >= 4 is 11.7 Å². The molecule has 1 N–H and O–H groups in total. The molecule has 2 heterocycles. The molecular formula is C14H22N4O. The summed E-state index contributed by atoms with van der Waals surface area (Å²) in [6.07, 6.45) is 2.21. The standard InChI is InChI=1S/C14H22N4O/c1-15-13-8-4-7-12(16-13)14(19)18-9-5-6-11(10-18)17(2)3/h4,7-8,11H,5-6,9-10H2,1-3H3,(H,15,16). The third-order valence-electron chi connectivity index (χ3n) is 3.64. The third kappa shape index (κ3) is 3.23. The van der Waals surface area contributed by atoms with Crippen LogP contribution in [0.25, 0.3) is 0 Å². The number of nitrogens with one attached hydrogen (secondary N) is 1. The van der Waals surface area contributed by atoms with E-state index in [2.05, 4.69) is 29.3 Å². The number of piperidine rings is 1. The maximum absolute atomic E-state index is 12.5. The second-order valence-corrected chi connectivity index (χ2v) is 5.17. The second-order valence-electron chi connectivity index (χ2n) is 5.17. The average molecular weight is 262 g/mol. The van der Waals surface area contributed by atoms with Gasteiger partial charge in [0, 0.05) is 26.2 Å². The first-order valence-electron chi connectivity index (χ1n) is 6.72. The summed E-state index contributed by atoms with van der Waals surface area (Å²) < 4.78 is 0. The highest BCUT2D eigenvalue weighted by atomic mass is 16.2. The lowest BCUT2D eigenvalue weighted by molar-refractivity contribution is 0.0629. The molecule has 1 aromatic heterocycles. The highest BCUT2D eigenvalue weighted by Gasteiger charge is 2.26. The Hall–Kier alpha value is -1.62. The van der Waals surface area contributed by atoms with Gasteiger partial charge < -0.3 is 15.1 Å². The van der Waals surface area contributed by atoms with Crippen molar-refractivity contribution in [2.45, 2.75) is 18.9 Å². The fraction of sp³-hybridized carbons (Fsp3) is 0.571. The molecule has 0 bridgehead atoms. The van der Waals surface area contributed by atoms with Gasteiger partial charge in [-0.15, -0.1) is 0 Å². The predicted molar refractivity (Wildman–Crippen MR) is 76.4 cm³/mol. The number of carbonyl (C=O) groups excluding carboxylic acids is 1. The van der Waals surface area contributed by atoms with Crippen LogP contribution in [0, 0.1) is 0 Å². The summed E-state index contributed by atoms with van der Waals surface area (Å²) in [5, 5.41) is 2.96. The normalized spacial score (nSPS) is 19.6. The Labute approximate surface area is 114 Å². The number of anilines is 1. The molecule has 1 aliphatic rings. The Bertz CT molecular complexity index is 447. The van der Waals surface area contributed by atoms with Crippen LogP contribution in [0.15, 0.2) is 18.2 Å². The Balaban J connectivity index is 2.10. The molecule has 19 heavy (non-hydrogen) atoms. The highest BCUT2D eigenvalue weighted by Crippen LogP contribution is 2.16. The van der Waals surface area contributed by atoms with Crippen LogP contribution >= 0.6 is 0 Å². The molecule has 1 fully saturated rings. The van der Waals surface area contributed by atoms with Crippen molar-refractivity contribution in [1.29, 1.82) is 0 Å². The molecular weight excluding hydrogens is 240 g/mol. The van der Waals surface area contributed by atoms with Gasteiger partial charge in [-0.1, -0.05) is 6.07 Å². The smallest absolute Gasteiger partial charge is 0.272 e. The SMILES string of the molecule is CNc1cccc(C(=O)N2CCCC(N(C)C)C2)n1. The number of likely N-dealkylation sites (tertiary alicyclic amines) is 1. The number of rotatable bonds is 3. The molecule has 0 saturated carbocycles. The van der Waals surface area contributed by atoms with Crippen LogP contribution in [-0.2, 0) is 0 Å². The summed E-state index contributed by atoms with van der Waals surface area (Å²) in [5.74, 6) is 0.760. The predicted octanol–water partition coefficient (Wildman–Crippen LogP) is 1.29. The van der Waals surface area contributed by atoms with E-state index in [1.807, 2.05) is 17.0 Å². The summed E-state index contributed by atoms with van der Waals surface area (Å²) in [5.41, 5.74) is 0.520. The quantitative estimate of drug-likeness (QED) is 0.891. The van der Waals surface area contributed by atoms with E-state index in [9.17, 15) is 4.79 Å².